The van der Waals surface area contributed by atoms with Crippen molar-refractivity contribution < 1.29 is 33.3 Å². The fourth-order valence-electron chi connectivity index (χ4n) is 4.38. The van der Waals surface area contributed by atoms with Crippen LogP contribution in [0.5, 0.6) is 5.75 Å². The Morgan fingerprint density at radius 3 is 2.24 bits per heavy atom. The van der Waals surface area contributed by atoms with Crippen molar-refractivity contribution in [2.75, 3.05) is 19.8 Å². The zero-order chi connectivity index (χ0) is 24.9. The van der Waals surface area contributed by atoms with E-state index >= 15 is 0 Å². The Bertz CT molecular complexity index is 993. The zero-order valence-corrected chi connectivity index (χ0v) is 22.0. The molecule has 1 saturated heterocycles. The molecule has 2 unspecified atom stereocenters. The molecule has 1 aromatic rings. The second-order valence-corrected chi connectivity index (χ2v) is 11.6. The molecule has 10 heteroatoms. The Morgan fingerprint density at radius 2 is 1.68 bits per heavy atom. The molecule has 2 amide bonds. The third-order valence-electron chi connectivity index (χ3n) is 5.75. The summed E-state index contributed by atoms with van der Waals surface area (Å²) < 4.78 is 30.1. The number of hydrogen-bond donors (Lipinski definition) is 0. The number of amides is 2. The minimum absolute atomic E-state index is 0.0667. The van der Waals surface area contributed by atoms with E-state index in [9.17, 15) is 9.59 Å². The van der Waals surface area contributed by atoms with Gasteiger partial charge < -0.3 is 23.7 Å². The van der Waals surface area contributed by atoms with E-state index in [-0.39, 0.29) is 19.2 Å². The molecule has 1 fully saturated rings. The first-order chi connectivity index (χ1) is 15.8. The van der Waals surface area contributed by atoms with Crippen molar-refractivity contribution in [3.05, 3.63) is 28.2 Å². The first-order valence-electron chi connectivity index (χ1n) is 11.3. The largest absolute Gasteiger partial charge is 0.490 e. The molecule has 3 aliphatic heterocycles. The lowest BCUT2D eigenvalue weighted by molar-refractivity contribution is -0.105. The van der Waals surface area contributed by atoms with Crippen LogP contribution in [-0.2, 0) is 24.5 Å². The van der Waals surface area contributed by atoms with Gasteiger partial charge in [0, 0.05) is 16.6 Å². The number of fused-ring (bicyclic) bond motifs is 3. The summed E-state index contributed by atoms with van der Waals surface area (Å²) in [4.78, 5) is 31.9. The minimum atomic E-state index is -1.02. The number of rotatable bonds is 0. The fourth-order valence-corrected chi connectivity index (χ4v) is 4.74. The quantitative estimate of drug-likeness (QED) is 0.450. The maximum Gasteiger partial charge on any atom is 0.428 e. The monoisotopic (exact) mass is 538 g/mol. The average molecular weight is 539 g/mol. The van der Waals surface area contributed by atoms with Gasteiger partial charge in [-0.3, -0.25) is 0 Å². The standard InChI is InChI=1S/C24H31BrN2O7/c1-21(2,3)33-19(28)27(20(29)34-22(4,5)6)18-26-24(14-31-18)16-12-15(25)8-9-17(16)30-13-23(24)10-7-11-32-23/h8-9,12H,7,10-11,13-14H2,1-6H3. The lowest BCUT2D eigenvalue weighted by atomic mass is 9.72. The maximum absolute atomic E-state index is 13.1. The second-order valence-electron chi connectivity index (χ2n) is 10.7. The van der Waals surface area contributed by atoms with E-state index in [0.29, 0.717) is 18.8 Å². The highest BCUT2D eigenvalue weighted by Gasteiger charge is 2.63. The van der Waals surface area contributed by atoms with Crippen LogP contribution in [0.2, 0.25) is 0 Å². The molecular formula is C24H31BrN2O7. The van der Waals surface area contributed by atoms with E-state index in [4.69, 9.17) is 28.7 Å². The highest BCUT2D eigenvalue weighted by Crippen LogP contribution is 2.54. The van der Waals surface area contributed by atoms with Crippen molar-refractivity contribution in [1.29, 1.82) is 0 Å². The molecule has 0 bridgehead atoms. The number of aliphatic imine (C=N–C) groups is 1. The van der Waals surface area contributed by atoms with Crippen LogP contribution in [0.3, 0.4) is 0 Å². The van der Waals surface area contributed by atoms with Gasteiger partial charge in [-0.1, -0.05) is 15.9 Å². The van der Waals surface area contributed by atoms with Crippen LogP contribution in [0.4, 0.5) is 9.59 Å². The molecule has 0 radical (unpaired) electrons. The lowest BCUT2D eigenvalue weighted by Crippen LogP contribution is -2.57. The van der Waals surface area contributed by atoms with Crippen LogP contribution >= 0.6 is 15.9 Å². The SMILES string of the molecule is CC(C)(C)OC(=O)N(C(=O)OC(C)(C)C)C1=NC2(CO1)c1cc(Br)ccc1OCC21CCCO1. The van der Waals surface area contributed by atoms with Crippen LogP contribution in [0.25, 0.3) is 0 Å². The molecule has 34 heavy (non-hydrogen) atoms. The lowest BCUT2D eigenvalue weighted by Gasteiger charge is -2.45. The van der Waals surface area contributed by atoms with Gasteiger partial charge in [0.15, 0.2) is 5.54 Å². The summed E-state index contributed by atoms with van der Waals surface area (Å²) in [6, 6.07) is 5.47. The van der Waals surface area contributed by atoms with E-state index < -0.39 is 34.5 Å². The Kier molecular flexibility index (Phi) is 6.13. The fraction of sp³-hybridized carbons (Fsp3) is 0.625. The number of imide groups is 1. The molecule has 1 aromatic carbocycles. The van der Waals surface area contributed by atoms with Crippen LogP contribution in [0.1, 0.15) is 59.9 Å². The molecule has 0 saturated carbocycles. The Morgan fingerprint density at radius 1 is 1.03 bits per heavy atom. The first-order valence-corrected chi connectivity index (χ1v) is 12.1. The zero-order valence-electron chi connectivity index (χ0n) is 20.4. The van der Waals surface area contributed by atoms with E-state index in [1.807, 2.05) is 18.2 Å². The highest BCUT2D eigenvalue weighted by atomic mass is 79.9. The summed E-state index contributed by atoms with van der Waals surface area (Å²) in [5.41, 5.74) is -2.74. The summed E-state index contributed by atoms with van der Waals surface area (Å²) >= 11 is 3.53. The summed E-state index contributed by atoms with van der Waals surface area (Å²) in [5, 5.41) is 0. The first kappa shape index (κ1) is 24.8. The minimum Gasteiger partial charge on any atom is -0.490 e. The number of nitrogens with zero attached hydrogens (tertiary/aromatic N) is 2. The molecule has 0 aliphatic carbocycles. The normalized spacial score (nSPS) is 25.9. The second kappa shape index (κ2) is 8.41. The van der Waals surface area contributed by atoms with Gasteiger partial charge in [0.2, 0.25) is 0 Å². The Labute approximate surface area is 207 Å². The van der Waals surface area contributed by atoms with Crippen molar-refractivity contribution in [2.24, 2.45) is 4.99 Å². The number of benzene rings is 1. The van der Waals surface area contributed by atoms with Gasteiger partial charge in [-0.25, -0.2) is 14.6 Å². The van der Waals surface area contributed by atoms with Crippen LogP contribution < -0.4 is 4.74 Å². The number of ether oxygens (including phenoxy) is 5. The van der Waals surface area contributed by atoms with Crippen molar-refractivity contribution >= 4 is 34.1 Å². The Balaban J connectivity index is 1.82. The summed E-state index contributed by atoms with van der Waals surface area (Å²) in [6.07, 6.45) is -0.333. The van der Waals surface area contributed by atoms with Crippen molar-refractivity contribution in [1.82, 2.24) is 4.90 Å². The molecule has 9 nitrogen and oxygen atoms in total. The molecule has 0 N–H and O–H groups in total. The topological polar surface area (TPSA) is 95.9 Å². The van der Waals surface area contributed by atoms with Gasteiger partial charge >= 0.3 is 18.2 Å². The van der Waals surface area contributed by atoms with Crippen LogP contribution in [0.15, 0.2) is 27.7 Å². The summed E-state index contributed by atoms with van der Waals surface area (Å²) in [7, 11) is 0. The molecule has 0 aromatic heterocycles. The predicted octanol–water partition coefficient (Wildman–Crippen LogP) is 5.14. The van der Waals surface area contributed by atoms with E-state index in [1.165, 1.54) is 0 Å². The molecule has 186 valence electrons. The third kappa shape index (κ3) is 4.49. The van der Waals surface area contributed by atoms with E-state index in [0.717, 1.165) is 21.4 Å². The third-order valence-corrected chi connectivity index (χ3v) is 6.24. The number of hydrogen-bond acceptors (Lipinski definition) is 8. The van der Waals surface area contributed by atoms with E-state index in [2.05, 4.69) is 15.9 Å². The van der Waals surface area contributed by atoms with Gasteiger partial charge in [0.05, 0.1) is 0 Å². The van der Waals surface area contributed by atoms with Gasteiger partial charge in [-0.15, -0.1) is 4.90 Å². The molecular weight excluding hydrogens is 508 g/mol. The van der Waals surface area contributed by atoms with Gasteiger partial charge in [0.25, 0.3) is 0 Å². The Hall–Kier alpha value is -2.33. The van der Waals surface area contributed by atoms with E-state index in [1.54, 1.807) is 41.5 Å². The summed E-state index contributed by atoms with van der Waals surface area (Å²) in [5.74, 6) is 0.652. The molecule has 4 rings (SSSR count). The molecule has 3 aliphatic rings. The number of halogens is 1. The van der Waals surface area contributed by atoms with Crippen LogP contribution in [-0.4, -0.2) is 59.7 Å². The van der Waals surface area contributed by atoms with Crippen molar-refractivity contribution in [3.63, 3.8) is 0 Å². The maximum atomic E-state index is 13.1. The number of amidine groups is 1. The van der Waals surface area contributed by atoms with Crippen molar-refractivity contribution in [3.8, 4) is 5.75 Å². The molecule has 3 heterocycles. The van der Waals surface area contributed by atoms with Gasteiger partial charge in [-0.2, -0.15) is 0 Å². The highest BCUT2D eigenvalue weighted by molar-refractivity contribution is 9.10. The van der Waals surface area contributed by atoms with Gasteiger partial charge in [0.1, 0.15) is 35.8 Å². The number of carbonyl (C=O) groups excluding carboxylic acids is 2. The average Bonchev–Trinajstić information content (AvgIpc) is 3.32. The smallest absolute Gasteiger partial charge is 0.428 e. The van der Waals surface area contributed by atoms with Gasteiger partial charge in [-0.05, 0) is 72.6 Å². The summed E-state index contributed by atoms with van der Waals surface area (Å²) in [6.45, 7) is 11.2. The molecule has 2 spiro atoms. The number of carbonyl (C=O) groups is 2. The van der Waals surface area contributed by atoms with Crippen LogP contribution in [0, 0.1) is 0 Å². The predicted molar refractivity (Wildman–Crippen MR) is 127 cm³/mol. The van der Waals surface area contributed by atoms with Crippen molar-refractivity contribution in [2.45, 2.75) is 76.7 Å². The molecule has 2 atom stereocenters.